The smallest absolute Gasteiger partial charge is 0.164 e. The molecule has 0 aliphatic rings. The second kappa shape index (κ2) is 14.1. The number of hydrogen-bond donors (Lipinski definition) is 0. The summed E-state index contributed by atoms with van der Waals surface area (Å²) < 4.78 is 0. The monoisotopic (exact) mass is 629 g/mol. The molecule has 234 valence electrons. The predicted molar refractivity (Wildman–Crippen MR) is 206 cm³/mol. The summed E-state index contributed by atoms with van der Waals surface area (Å²) in [6.45, 7) is 10.1. The Morgan fingerprint density at radius 3 is 1.31 bits per heavy atom. The Hall–Kier alpha value is -6.45. The summed E-state index contributed by atoms with van der Waals surface area (Å²) in [6.07, 6.45) is 5.61. The zero-order valence-electron chi connectivity index (χ0n) is 27.4. The molecule has 49 heavy (non-hydrogen) atoms. The van der Waals surface area contributed by atoms with Crippen molar-refractivity contribution in [2.75, 3.05) is 0 Å². The van der Waals surface area contributed by atoms with Gasteiger partial charge in [0.25, 0.3) is 0 Å². The SMILES string of the molecule is C=C/C=C(\C=C)c1cc(-c2ccccc2)cc(-c2nc(-c3cccc(C)c3)nc(-c3cc(-c4ccccc4)cc(-c4ccccc4)c3)n2)c1. The van der Waals surface area contributed by atoms with Crippen molar-refractivity contribution in [3.63, 3.8) is 0 Å². The van der Waals surface area contributed by atoms with Gasteiger partial charge in [0.1, 0.15) is 0 Å². The molecular formula is C46H35N3. The van der Waals surface area contributed by atoms with Crippen molar-refractivity contribution in [3.8, 4) is 67.5 Å². The molecule has 0 spiro atoms. The topological polar surface area (TPSA) is 38.7 Å². The van der Waals surface area contributed by atoms with Crippen molar-refractivity contribution in [1.29, 1.82) is 0 Å². The molecule has 0 radical (unpaired) electrons. The Morgan fingerprint density at radius 2 is 0.837 bits per heavy atom. The predicted octanol–water partition coefficient (Wildman–Crippen LogP) is 11.9. The number of benzene rings is 6. The minimum Gasteiger partial charge on any atom is -0.208 e. The summed E-state index contributed by atoms with van der Waals surface area (Å²) >= 11 is 0. The molecule has 7 rings (SSSR count). The number of aromatic nitrogens is 3. The lowest BCUT2D eigenvalue weighted by Gasteiger charge is -2.14. The highest BCUT2D eigenvalue weighted by molar-refractivity contribution is 5.84. The van der Waals surface area contributed by atoms with Gasteiger partial charge in [0.05, 0.1) is 0 Å². The molecule has 0 unspecified atom stereocenters. The zero-order chi connectivity index (χ0) is 33.6. The third kappa shape index (κ3) is 6.97. The number of aryl methyl sites for hydroxylation is 1. The second-order valence-corrected chi connectivity index (χ2v) is 11.9. The van der Waals surface area contributed by atoms with Crippen LogP contribution < -0.4 is 0 Å². The van der Waals surface area contributed by atoms with Crippen LogP contribution in [0, 0.1) is 6.92 Å². The van der Waals surface area contributed by atoms with Gasteiger partial charge in [0, 0.05) is 16.7 Å². The number of nitrogens with zero attached hydrogens (tertiary/aromatic N) is 3. The van der Waals surface area contributed by atoms with E-state index in [1.807, 2.05) is 36.4 Å². The fourth-order valence-electron chi connectivity index (χ4n) is 6.03. The lowest BCUT2D eigenvalue weighted by atomic mass is 9.95. The van der Waals surface area contributed by atoms with Crippen LogP contribution in [0.5, 0.6) is 0 Å². The van der Waals surface area contributed by atoms with Crippen LogP contribution in [0.25, 0.3) is 73.1 Å². The van der Waals surface area contributed by atoms with E-state index in [1.165, 1.54) is 0 Å². The summed E-state index contributed by atoms with van der Waals surface area (Å²) in [5, 5.41) is 0. The van der Waals surface area contributed by atoms with E-state index in [4.69, 9.17) is 15.0 Å². The first kappa shape index (κ1) is 31.2. The quantitative estimate of drug-likeness (QED) is 0.149. The molecule has 3 heteroatoms. The molecule has 0 atom stereocenters. The van der Waals surface area contributed by atoms with Gasteiger partial charge in [-0.25, -0.2) is 15.0 Å². The lowest BCUT2D eigenvalue weighted by molar-refractivity contribution is 1.07. The highest BCUT2D eigenvalue weighted by atomic mass is 15.0. The van der Waals surface area contributed by atoms with E-state index in [0.29, 0.717) is 17.5 Å². The fraction of sp³-hybridized carbons (Fsp3) is 0.0217. The molecule has 6 aromatic carbocycles. The van der Waals surface area contributed by atoms with Crippen LogP contribution >= 0.6 is 0 Å². The summed E-state index contributed by atoms with van der Waals surface area (Å²) in [7, 11) is 0. The Bertz CT molecular complexity index is 2250. The highest BCUT2D eigenvalue weighted by Crippen LogP contribution is 2.35. The third-order valence-corrected chi connectivity index (χ3v) is 8.47. The first-order valence-electron chi connectivity index (χ1n) is 16.3. The third-order valence-electron chi connectivity index (χ3n) is 8.47. The van der Waals surface area contributed by atoms with E-state index >= 15 is 0 Å². The van der Waals surface area contributed by atoms with Gasteiger partial charge in [-0.2, -0.15) is 0 Å². The maximum Gasteiger partial charge on any atom is 0.164 e. The molecule has 1 heterocycles. The van der Waals surface area contributed by atoms with E-state index in [1.54, 1.807) is 6.08 Å². The van der Waals surface area contributed by atoms with Crippen molar-refractivity contribution in [1.82, 2.24) is 15.0 Å². The molecule has 0 bridgehead atoms. The molecular weight excluding hydrogens is 595 g/mol. The zero-order valence-corrected chi connectivity index (χ0v) is 27.4. The molecule has 0 saturated carbocycles. The largest absolute Gasteiger partial charge is 0.208 e. The van der Waals surface area contributed by atoms with E-state index < -0.39 is 0 Å². The van der Waals surface area contributed by atoms with Crippen LogP contribution in [0.15, 0.2) is 183 Å². The first-order chi connectivity index (χ1) is 24.1. The number of hydrogen-bond acceptors (Lipinski definition) is 3. The molecule has 1 aromatic heterocycles. The van der Waals surface area contributed by atoms with Crippen LogP contribution in [0.2, 0.25) is 0 Å². The molecule has 0 aliphatic heterocycles. The Balaban J connectivity index is 1.49. The molecule has 0 amide bonds. The van der Waals surface area contributed by atoms with Gasteiger partial charge in [-0.15, -0.1) is 0 Å². The van der Waals surface area contributed by atoms with E-state index in [0.717, 1.165) is 66.8 Å². The molecule has 7 aromatic rings. The van der Waals surface area contributed by atoms with Gasteiger partial charge < -0.3 is 0 Å². The number of allylic oxidation sites excluding steroid dienone is 4. The van der Waals surface area contributed by atoms with E-state index in [9.17, 15) is 0 Å². The summed E-state index contributed by atoms with van der Waals surface area (Å²) in [5.74, 6) is 1.81. The molecule has 0 aliphatic carbocycles. The van der Waals surface area contributed by atoms with Crippen LogP contribution in [0.1, 0.15) is 11.1 Å². The van der Waals surface area contributed by atoms with Crippen molar-refractivity contribution in [3.05, 3.63) is 194 Å². The minimum atomic E-state index is 0.592. The van der Waals surface area contributed by atoms with E-state index in [-0.39, 0.29) is 0 Å². The van der Waals surface area contributed by atoms with Crippen molar-refractivity contribution >= 4 is 5.57 Å². The summed E-state index contributed by atoms with van der Waals surface area (Å²) in [6, 6.07) is 52.6. The average molecular weight is 630 g/mol. The van der Waals surface area contributed by atoms with Crippen LogP contribution in [0.3, 0.4) is 0 Å². The van der Waals surface area contributed by atoms with Gasteiger partial charge in [0.15, 0.2) is 17.5 Å². The Labute approximate surface area is 288 Å². The van der Waals surface area contributed by atoms with Crippen LogP contribution in [-0.2, 0) is 0 Å². The fourth-order valence-corrected chi connectivity index (χ4v) is 6.03. The summed E-state index contributed by atoms with van der Waals surface area (Å²) in [5.41, 5.74) is 12.4. The van der Waals surface area contributed by atoms with Crippen LogP contribution in [-0.4, -0.2) is 15.0 Å². The Kier molecular flexibility index (Phi) is 8.98. The van der Waals surface area contributed by atoms with Gasteiger partial charge in [-0.3, -0.25) is 0 Å². The van der Waals surface area contributed by atoms with Gasteiger partial charge >= 0.3 is 0 Å². The van der Waals surface area contributed by atoms with Crippen molar-refractivity contribution in [2.45, 2.75) is 6.92 Å². The molecule has 0 fully saturated rings. The maximum absolute atomic E-state index is 5.21. The van der Waals surface area contributed by atoms with Crippen molar-refractivity contribution in [2.24, 2.45) is 0 Å². The highest BCUT2D eigenvalue weighted by Gasteiger charge is 2.17. The van der Waals surface area contributed by atoms with Gasteiger partial charge in [-0.1, -0.05) is 146 Å². The minimum absolute atomic E-state index is 0.592. The lowest BCUT2D eigenvalue weighted by Crippen LogP contribution is -2.01. The second-order valence-electron chi connectivity index (χ2n) is 11.9. The molecule has 0 saturated heterocycles. The number of rotatable bonds is 9. The maximum atomic E-state index is 5.21. The van der Waals surface area contributed by atoms with E-state index in [2.05, 4.69) is 147 Å². The van der Waals surface area contributed by atoms with Gasteiger partial charge in [-0.05, 0) is 93.9 Å². The Morgan fingerprint density at radius 1 is 0.429 bits per heavy atom. The molecule has 0 N–H and O–H groups in total. The van der Waals surface area contributed by atoms with Crippen LogP contribution in [0.4, 0.5) is 0 Å². The summed E-state index contributed by atoms with van der Waals surface area (Å²) in [4.78, 5) is 15.5. The van der Waals surface area contributed by atoms with Gasteiger partial charge in [0.2, 0.25) is 0 Å². The normalized spacial score (nSPS) is 11.2. The molecule has 3 nitrogen and oxygen atoms in total. The first-order valence-corrected chi connectivity index (χ1v) is 16.3. The average Bonchev–Trinajstić information content (AvgIpc) is 3.17. The van der Waals surface area contributed by atoms with Crippen molar-refractivity contribution < 1.29 is 0 Å². The standard InChI is InChI=1S/C46H35N3/c1-4-16-33(5-2)38-26-39(34-18-9-6-10-19-34)29-42(28-38)45-47-44(37-24-15-17-32(3)25-37)48-46(49-45)43-30-40(35-20-11-7-12-21-35)27-41(31-43)36-22-13-8-14-23-36/h4-31H,1-2H2,3H3/b33-16+.